The molecule has 0 spiro atoms. The van der Waals surface area contributed by atoms with Crippen molar-refractivity contribution >= 4 is 11.7 Å². The van der Waals surface area contributed by atoms with Crippen LogP contribution in [-0.2, 0) is 22.4 Å². The fourth-order valence-corrected chi connectivity index (χ4v) is 4.24. The zero-order chi connectivity index (χ0) is 23.4. The molecule has 1 aliphatic carbocycles. The van der Waals surface area contributed by atoms with Crippen molar-refractivity contribution in [2.45, 2.75) is 57.6 Å². The summed E-state index contributed by atoms with van der Waals surface area (Å²) >= 11 is 0. The van der Waals surface area contributed by atoms with Crippen LogP contribution in [0.15, 0.2) is 18.3 Å². The Bertz CT molecular complexity index is 991. The Hall–Kier alpha value is -2.78. The van der Waals surface area contributed by atoms with Crippen LogP contribution in [0, 0.1) is 0 Å². The van der Waals surface area contributed by atoms with E-state index < -0.39 is 5.60 Å². The SMILES string of the molecule is CC(C)NC(=O)CN(C)c1nc(-c2cc(OCC3(O)CCOCC3)ccn2)nc2c1CCC2. The summed E-state index contributed by atoms with van der Waals surface area (Å²) in [6.45, 7) is 5.38. The lowest BCUT2D eigenvalue weighted by molar-refractivity contribution is -0.120. The first kappa shape index (κ1) is 23.4. The number of aromatic nitrogens is 3. The monoisotopic (exact) mass is 455 g/mol. The summed E-state index contributed by atoms with van der Waals surface area (Å²) < 4.78 is 11.2. The number of aliphatic hydroxyl groups is 1. The Morgan fingerprint density at radius 1 is 1.30 bits per heavy atom. The van der Waals surface area contributed by atoms with Gasteiger partial charge in [0.2, 0.25) is 5.91 Å². The van der Waals surface area contributed by atoms with Crippen LogP contribution in [0.2, 0.25) is 0 Å². The summed E-state index contributed by atoms with van der Waals surface area (Å²) in [5.74, 6) is 1.85. The number of ether oxygens (including phenoxy) is 2. The third-order valence-electron chi connectivity index (χ3n) is 5.99. The van der Waals surface area contributed by atoms with Gasteiger partial charge in [-0.3, -0.25) is 9.78 Å². The molecule has 0 radical (unpaired) electrons. The summed E-state index contributed by atoms with van der Waals surface area (Å²) in [5, 5.41) is 13.6. The Balaban J connectivity index is 1.54. The van der Waals surface area contributed by atoms with Gasteiger partial charge in [-0.05, 0) is 39.2 Å². The van der Waals surface area contributed by atoms with Gasteiger partial charge < -0.3 is 24.8 Å². The van der Waals surface area contributed by atoms with E-state index >= 15 is 0 Å². The van der Waals surface area contributed by atoms with E-state index in [0.29, 0.717) is 43.3 Å². The number of amides is 1. The van der Waals surface area contributed by atoms with Crippen LogP contribution < -0.4 is 15.0 Å². The van der Waals surface area contributed by atoms with Gasteiger partial charge in [0.25, 0.3) is 0 Å². The molecule has 1 aliphatic heterocycles. The second-order valence-corrected chi connectivity index (χ2v) is 9.23. The molecule has 33 heavy (non-hydrogen) atoms. The summed E-state index contributed by atoms with van der Waals surface area (Å²) in [7, 11) is 1.88. The number of pyridine rings is 1. The second kappa shape index (κ2) is 10.0. The molecule has 0 atom stereocenters. The molecule has 9 nitrogen and oxygen atoms in total. The number of fused-ring (bicyclic) bond motifs is 1. The maximum absolute atomic E-state index is 12.3. The molecular formula is C24H33N5O4. The smallest absolute Gasteiger partial charge is 0.239 e. The predicted octanol–water partition coefficient (Wildman–Crippen LogP) is 1.91. The Morgan fingerprint density at radius 2 is 2.09 bits per heavy atom. The zero-order valence-electron chi connectivity index (χ0n) is 19.6. The van der Waals surface area contributed by atoms with E-state index in [9.17, 15) is 9.90 Å². The van der Waals surface area contributed by atoms with E-state index in [1.807, 2.05) is 25.8 Å². The highest BCUT2D eigenvalue weighted by Crippen LogP contribution is 2.31. The minimum atomic E-state index is -0.877. The van der Waals surface area contributed by atoms with Crippen LogP contribution in [0.4, 0.5) is 5.82 Å². The number of hydrogen-bond acceptors (Lipinski definition) is 8. The average Bonchev–Trinajstić information content (AvgIpc) is 3.26. The molecule has 0 saturated carbocycles. The average molecular weight is 456 g/mol. The fourth-order valence-electron chi connectivity index (χ4n) is 4.24. The van der Waals surface area contributed by atoms with Crippen LogP contribution in [0.25, 0.3) is 11.5 Å². The maximum atomic E-state index is 12.3. The number of carbonyl (C=O) groups excluding carboxylic acids is 1. The van der Waals surface area contributed by atoms with E-state index in [1.54, 1.807) is 18.3 Å². The molecule has 9 heteroatoms. The normalized spacial score (nSPS) is 17.0. The van der Waals surface area contributed by atoms with Crippen LogP contribution in [-0.4, -0.2) is 71.0 Å². The van der Waals surface area contributed by atoms with Gasteiger partial charge in [-0.2, -0.15) is 0 Å². The standard InChI is InChI=1S/C24H33N5O4/c1-16(2)26-21(30)14-29(3)23-18-5-4-6-19(18)27-22(28-23)20-13-17(7-10-25-20)33-15-24(31)8-11-32-12-9-24/h7,10,13,16,31H,4-6,8-9,11-12,14-15H2,1-3H3,(H,26,30). The molecule has 4 rings (SSSR count). The van der Waals surface area contributed by atoms with Crippen molar-refractivity contribution < 1.29 is 19.4 Å². The van der Waals surface area contributed by atoms with Crippen LogP contribution in [0.3, 0.4) is 0 Å². The molecule has 2 aromatic rings. The molecule has 1 fully saturated rings. The lowest BCUT2D eigenvalue weighted by Gasteiger charge is -2.31. The van der Waals surface area contributed by atoms with Gasteiger partial charge in [0.05, 0.1) is 6.54 Å². The fraction of sp³-hybridized carbons (Fsp3) is 0.583. The largest absolute Gasteiger partial charge is 0.490 e. The Kier molecular flexibility index (Phi) is 7.09. The van der Waals surface area contributed by atoms with Gasteiger partial charge in [0.15, 0.2) is 5.82 Å². The van der Waals surface area contributed by atoms with Gasteiger partial charge in [-0.25, -0.2) is 9.97 Å². The van der Waals surface area contributed by atoms with Crippen LogP contribution in [0.1, 0.15) is 44.4 Å². The minimum absolute atomic E-state index is 0.0426. The number of carbonyl (C=O) groups is 1. The topological polar surface area (TPSA) is 110 Å². The molecule has 1 amide bonds. The van der Waals surface area contributed by atoms with Crippen molar-refractivity contribution in [2.75, 3.05) is 38.3 Å². The highest BCUT2D eigenvalue weighted by molar-refractivity contribution is 5.81. The number of nitrogens with zero attached hydrogens (tertiary/aromatic N) is 4. The molecule has 178 valence electrons. The second-order valence-electron chi connectivity index (χ2n) is 9.23. The molecule has 0 bridgehead atoms. The molecule has 2 N–H and O–H groups in total. The maximum Gasteiger partial charge on any atom is 0.239 e. The Labute approximate surface area is 194 Å². The third-order valence-corrected chi connectivity index (χ3v) is 5.99. The summed E-state index contributed by atoms with van der Waals surface area (Å²) in [4.78, 5) is 28.2. The van der Waals surface area contributed by atoms with Crippen LogP contribution >= 0.6 is 0 Å². The van der Waals surface area contributed by atoms with E-state index in [-0.39, 0.29) is 25.1 Å². The first-order valence-electron chi connectivity index (χ1n) is 11.6. The van der Waals surface area contributed by atoms with E-state index in [2.05, 4.69) is 10.3 Å². The predicted molar refractivity (Wildman–Crippen MR) is 124 cm³/mol. The summed E-state index contributed by atoms with van der Waals surface area (Å²) in [6.07, 6.45) is 5.58. The third kappa shape index (κ3) is 5.78. The van der Waals surface area contributed by atoms with Gasteiger partial charge in [-0.15, -0.1) is 0 Å². The number of aryl methyl sites for hydroxylation is 1. The van der Waals surface area contributed by atoms with Gasteiger partial charge >= 0.3 is 0 Å². The highest BCUT2D eigenvalue weighted by atomic mass is 16.5. The van der Waals surface area contributed by atoms with E-state index in [0.717, 1.165) is 36.3 Å². The molecule has 3 heterocycles. The highest BCUT2D eigenvalue weighted by Gasteiger charge is 2.31. The number of nitrogens with one attached hydrogen (secondary N) is 1. The molecule has 0 unspecified atom stereocenters. The van der Waals surface area contributed by atoms with Crippen molar-refractivity contribution in [1.29, 1.82) is 0 Å². The lowest BCUT2D eigenvalue weighted by atomic mass is 9.96. The molecule has 1 saturated heterocycles. The number of hydrogen-bond donors (Lipinski definition) is 2. The van der Waals surface area contributed by atoms with Crippen LogP contribution in [0.5, 0.6) is 5.75 Å². The van der Waals surface area contributed by atoms with E-state index in [1.165, 1.54) is 0 Å². The summed E-state index contributed by atoms with van der Waals surface area (Å²) in [5.41, 5.74) is 1.84. The molecule has 2 aliphatic rings. The minimum Gasteiger partial charge on any atom is -0.490 e. The number of rotatable bonds is 8. The van der Waals surface area contributed by atoms with Crippen molar-refractivity contribution in [3.8, 4) is 17.3 Å². The molecule has 0 aromatic carbocycles. The van der Waals surface area contributed by atoms with Crippen molar-refractivity contribution in [1.82, 2.24) is 20.3 Å². The van der Waals surface area contributed by atoms with E-state index in [4.69, 9.17) is 19.4 Å². The molecule has 2 aromatic heterocycles. The van der Waals surface area contributed by atoms with Gasteiger partial charge in [0, 0.05) is 62.7 Å². The van der Waals surface area contributed by atoms with Crippen molar-refractivity contribution in [3.05, 3.63) is 29.6 Å². The lowest BCUT2D eigenvalue weighted by Crippen LogP contribution is -2.41. The van der Waals surface area contributed by atoms with Gasteiger partial charge in [-0.1, -0.05) is 0 Å². The summed E-state index contributed by atoms with van der Waals surface area (Å²) in [6, 6.07) is 3.65. The first-order valence-corrected chi connectivity index (χ1v) is 11.6. The van der Waals surface area contributed by atoms with Crippen molar-refractivity contribution in [3.63, 3.8) is 0 Å². The zero-order valence-corrected chi connectivity index (χ0v) is 19.6. The first-order chi connectivity index (χ1) is 15.8. The van der Waals surface area contributed by atoms with Gasteiger partial charge in [0.1, 0.15) is 29.5 Å². The number of anilines is 1. The number of likely N-dealkylation sites (N-methyl/N-ethyl adjacent to an activating group) is 1. The van der Waals surface area contributed by atoms with Crippen molar-refractivity contribution in [2.24, 2.45) is 0 Å². The Morgan fingerprint density at radius 3 is 2.85 bits per heavy atom. The quantitative estimate of drug-likeness (QED) is 0.621. The molecular weight excluding hydrogens is 422 g/mol.